The normalized spacial score (nSPS) is 18.1. The molecule has 1 unspecified atom stereocenters. The maximum absolute atomic E-state index is 9.52. The van der Waals surface area contributed by atoms with Crippen LogP contribution in [-0.2, 0) is 10.3 Å². The van der Waals surface area contributed by atoms with Crippen molar-refractivity contribution in [2.75, 3.05) is 32.2 Å². The van der Waals surface area contributed by atoms with Gasteiger partial charge in [0, 0.05) is 46.2 Å². The number of benzene rings is 2. The van der Waals surface area contributed by atoms with Crippen LogP contribution >= 0.6 is 11.3 Å². The van der Waals surface area contributed by atoms with E-state index < -0.39 is 5.60 Å². The molecule has 1 aromatic heterocycles. The number of ether oxygens (including phenoxy) is 2. The summed E-state index contributed by atoms with van der Waals surface area (Å²) < 4.78 is 11.9. The van der Waals surface area contributed by atoms with Crippen molar-refractivity contribution in [3.8, 4) is 11.8 Å². The van der Waals surface area contributed by atoms with Crippen molar-refractivity contribution in [2.45, 2.75) is 19.4 Å². The highest BCUT2D eigenvalue weighted by molar-refractivity contribution is 7.13. The number of hydrogen-bond donors (Lipinski definition) is 1. The molecular weight excluding hydrogens is 518 g/mol. The van der Waals surface area contributed by atoms with E-state index in [-0.39, 0.29) is 6.61 Å². The van der Waals surface area contributed by atoms with Crippen molar-refractivity contribution < 1.29 is 14.6 Å². The summed E-state index contributed by atoms with van der Waals surface area (Å²) in [4.78, 5) is 7.84. The second-order valence-electron chi connectivity index (χ2n) is 9.42. The second kappa shape index (κ2) is 12.5. The van der Waals surface area contributed by atoms with Crippen molar-refractivity contribution in [1.82, 2.24) is 0 Å². The molecule has 0 bridgehead atoms. The van der Waals surface area contributed by atoms with Gasteiger partial charge in [0.05, 0.1) is 31.9 Å². The second-order valence-corrected chi connectivity index (χ2v) is 10.6. The maximum atomic E-state index is 9.52. The maximum Gasteiger partial charge on any atom is 0.236 e. The fourth-order valence-corrected chi connectivity index (χ4v) is 5.34. The molecule has 0 radical (unpaired) electrons. The summed E-state index contributed by atoms with van der Waals surface area (Å²) in [6.45, 7) is 12.1. The van der Waals surface area contributed by atoms with Gasteiger partial charge in [0.2, 0.25) is 5.70 Å². The fourth-order valence-electron chi connectivity index (χ4n) is 4.52. The summed E-state index contributed by atoms with van der Waals surface area (Å²) >= 11 is 1.62. The average Bonchev–Trinajstić information content (AvgIpc) is 3.56. The molecule has 6 nitrogen and oxygen atoms in total. The first kappa shape index (κ1) is 28.4. The van der Waals surface area contributed by atoms with Gasteiger partial charge in [-0.15, -0.1) is 11.3 Å². The molecule has 4 rings (SSSR count). The number of allylic oxidation sites excluding steroid dienone is 1. The van der Waals surface area contributed by atoms with Gasteiger partial charge in [0.25, 0.3) is 0 Å². The van der Waals surface area contributed by atoms with Crippen molar-refractivity contribution in [1.29, 1.82) is 5.26 Å². The smallest absolute Gasteiger partial charge is 0.236 e. The highest BCUT2D eigenvalue weighted by atomic mass is 32.1. The molecule has 0 saturated heterocycles. The Morgan fingerprint density at radius 2 is 1.82 bits per heavy atom. The van der Waals surface area contributed by atoms with Crippen molar-refractivity contribution >= 4 is 35.3 Å². The zero-order valence-corrected chi connectivity index (χ0v) is 23.8. The van der Waals surface area contributed by atoms with Crippen LogP contribution in [0.3, 0.4) is 0 Å². The number of nitriles is 1. The summed E-state index contributed by atoms with van der Waals surface area (Å²) in [6.07, 6.45) is 7.99. The Labute approximate surface area is 239 Å². The topological polar surface area (TPSA) is 70.1 Å². The predicted octanol–water partition coefficient (Wildman–Crippen LogP) is 7.29. The van der Waals surface area contributed by atoms with Crippen LogP contribution in [-0.4, -0.2) is 32.4 Å². The largest absolute Gasteiger partial charge is 0.496 e. The molecule has 1 aliphatic rings. The van der Waals surface area contributed by atoms with E-state index in [0.717, 1.165) is 37.9 Å². The van der Waals surface area contributed by atoms with Crippen LogP contribution in [0.4, 0.5) is 5.69 Å². The van der Waals surface area contributed by atoms with E-state index in [1.807, 2.05) is 104 Å². The molecule has 2 heterocycles. The van der Waals surface area contributed by atoms with E-state index in [1.165, 1.54) is 0 Å². The highest BCUT2D eigenvalue weighted by Crippen LogP contribution is 2.47. The first-order chi connectivity index (χ1) is 19.3. The molecule has 0 spiro atoms. The third kappa shape index (κ3) is 5.87. The molecule has 0 amide bonds. The lowest BCUT2D eigenvalue weighted by molar-refractivity contribution is 0.0750. The molecule has 3 aromatic rings. The molecule has 0 saturated carbocycles. The van der Waals surface area contributed by atoms with Crippen LogP contribution in [0, 0.1) is 17.9 Å². The molecule has 2 aromatic carbocycles. The fraction of sp³-hybridized carbons (Fsp3) is 0.212. The summed E-state index contributed by atoms with van der Waals surface area (Å²) in [5, 5.41) is 18.7. The number of nitrogens with zero attached hydrogens (tertiary/aromatic N) is 3. The molecular formula is C33H31N3O3S. The lowest BCUT2D eigenvalue weighted by Crippen LogP contribution is -2.23. The highest BCUT2D eigenvalue weighted by Gasteiger charge is 2.43. The zero-order valence-electron chi connectivity index (χ0n) is 23.0. The Morgan fingerprint density at radius 3 is 2.45 bits per heavy atom. The minimum absolute atomic E-state index is 0.0853. The van der Waals surface area contributed by atoms with Gasteiger partial charge in [0.15, 0.2) is 0 Å². The molecule has 202 valence electrons. The van der Waals surface area contributed by atoms with E-state index in [4.69, 9.17) is 16.0 Å². The van der Waals surface area contributed by atoms with Crippen molar-refractivity contribution in [2.24, 2.45) is 0 Å². The van der Waals surface area contributed by atoms with E-state index >= 15 is 0 Å². The van der Waals surface area contributed by atoms with Crippen LogP contribution in [0.2, 0.25) is 0 Å². The number of methoxy groups -OCH3 is 1. The first-order valence-electron chi connectivity index (χ1n) is 12.8. The standard InChI is InChI=1S/C33H31N3O3S/c1-23(22-34)32-31(35-3)29(33(2,39-32)25-9-7-6-8-10-25)18-17-28-16-15-27(40-28)14-12-24-11-13-26(21-30(24)38-5)36(4)19-20-37/h6-18,21,37H,19-20H2,1-2,4-5H3/b14-12+,18-17+,32-23+. The van der Waals surface area contributed by atoms with E-state index in [2.05, 4.69) is 10.9 Å². The Balaban J connectivity index is 1.62. The van der Waals surface area contributed by atoms with Crippen molar-refractivity contribution in [3.05, 3.63) is 122 Å². The summed E-state index contributed by atoms with van der Waals surface area (Å²) in [6, 6.07) is 22.0. The van der Waals surface area contributed by atoms with Crippen LogP contribution in [0.1, 0.15) is 34.7 Å². The van der Waals surface area contributed by atoms with Gasteiger partial charge < -0.3 is 19.5 Å². The lowest BCUT2D eigenvalue weighted by Gasteiger charge is -2.28. The minimum atomic E-state index is -0.890. The van der Waals surface area contributed by atoms with Crippen molar-refractivity contribution in [3.63, 3.8) is 0 Å². The Bertz CT molecular complexity index is 1580. The van der Waals surface area contributed by atoms with Gasteiger partial charge in [0.1, 0.15) is 17.1 Å². The number of likely N-dealkylation sites (N-methyl/N-ethyl adjacent to an activating group) is 1. The number of aliphatic hydroxyl groups excluding tert-OH is 1. The predicted molar refractivity (Wildman–Crippen MR) is 162 cm³/mol. The number of thiophene rings is 1. The van der Waals surface area contributed by atoms with Gasteiger partial charge in [-0.1, -0.05) is 36.4 Å². The summed E-state index contributed by atoms with van der Waals surface area (Å²) in [5.74, 6) is 1.09. The molecule has 7 heteroatoms. The Kier molecular flexibility index (Phi) is 8.91. The molecule has 1 aliphatic heterocycles. The average molecular weight is 550 g/mol. The molecule has 0 aliphatic carbocycles. The van der Waals surface area contributed by atoms with Crippen LogP contribution in [0.25, 0.3) is 23.1 Å². The van der Waals surface area contributed by atoms with E-state index in [0.29, 0.717) is 23.6 Å². The molecule has 40 heavy (non-hydrogen) atoms. The van der Waals surface area contributed by atoms with Gasteiger partial charge in [-0.05, 0) is 61.9 Å². The quantitative estimate of drug-likeness (QED) is 0.224. The van der Waals surface area contributed by atoms with Gasteiger partial charge in [-0.2, -0.15) is 5.26 Å². The third-order valence-electron chi connectivity index (χ3n) is 6.82. The molecule has 0 fully saturated rings. The number of hydrogen-bond acceptors (Lipinski definition) is 6. The van der Waals surface area contributed by atoms with Crippen LogP contribution < -0.4 is 9.64 Å². The van der Waals surface area contributed by atoms with Gasteiger partial charge in [-0.3, -0.25) is 0 Å². The monoisotopic (exact) mass is 549 g/mol. The Morgan fingerprint density at radius 1 is 1.12 bits per heavy atom. The van der Waals surface area contributed by atoms with Crippen LogP contribution in [0.15, 0.2) is 89.3 Å². The number of anilines is 1. The summed E-state index contributed by atoms with van der Waals surface area (Å²) in [7, 11) is 3.58. The van der Waals surface area contributed by atoms with Gasteiger partial charge in [-0.25, -0.2) is 4.85 Å². The molecule has 1 atom stereocenters. The first-order valence-corrected chi connectivity index (χ1v) is 13.6. The zero-order chi connectivity index (χ0) is 28.7. The molecule has 1 N–H and O–H groups in total. The van der Waals surface area contributed by atoms with E-state index in [9.17, 15) is 10.4 Å². The lowest BCUT2D eigenvalue weighted by atomic mass is 9.87. The SMILES string of the molecule is [C-]#[N+]C1=C(/C=C/c2ccc(/C=C/c3ccc(N(C)CCO)cc3OC)s2)C(C)(c2ccccc2)O/C1=C(\C)C#N. The van der Waals surface area contributed by atoms with E-state index in [1.54, 1.807) is 25.4 Å². The van der Waals surface area contributed by atoms with Crippen LogP contribution in [0.5, 0.6) is 5.75 Å². The Hall–Kier alpha value is -4.56. The summed E-state index contributed by atoms with van der Waals surface area (Å²) in [5.41, 5.74) is 3.41. The number of aliphatic hydroxyl groups is 1. The van der Waals surface area contributed by atoms with Gasteiger partial charge >= 0.3 is 0 Å². The minimum Gasteiger partial charge on any atom is -0.496 e. The number of rotatable bonds is 9. The third-order valence-corrected chi connectivity index (χ3v) is 7.83.